The van der Waals surface area contributed by atoms with Crippen molar-refractivity contribution < 1.29 is 9.59 Å². The first-order valence-corrected chi connectivity index (χ1v) is 8.68. The zero-order valence-corrected chi connectivity index (χ0v) is 14.9. The zero-order chi connectivity index (χ0) is 17.3. The summed E-state index contributed by atoms with van der Waals surface area (Å²) < 4.78 is 0. The van der Waals surface area contributed by atoms with Gasteiger partial charge in [-0.2, -0.15) is 0 Å². The summed E-state index contributed by atoms with van der Waals surface area (Å²) in [6, 6.07) is 10.1. The third-order valence-corrected chi connectivity index (χ3v) is 5.77. The van der Waals surface area contributed by atoms with Gasteiger partial charge in [-0.15, -0.1) is 0 Å². The number of carbonyl (C=O) groups excluding carboxylic acids is 2. The topological polar surface area (TPSA) is 43.9 Å². The van der Waals surface area contributed by atoms with E-state index in [4.69, 9.17) is 0 Å². The number of hydrogen-bond donors (Lipinski definition) is 0. The number of piperidine rings is 1. The highest BCUT2D eigenvalue weighted by molar-refractivity contribution is 5.87. The fraction of sp³-hybridized carbons (Fsp3) is 0.579. The first-order chi connectivity index (χ1) is 11.4. The third-order valence-electron chi connectivity index (χ3n) is 5.77. The predicted octanol–water partition coefficient (Wildman–Crippen LogP) is 1.56. The molecule has 5 nitrogen and oxygen atoms in total. The van der Waals surface area contributed by atoms with Crippen LogP contribution in [-0.2, 0) is 9.59 Å². The highest BCUT2D eigenvalue weighted by atomic mass is 16.2. The Hall–Kier alpha value is -1.88. The van der Waals surface area contributed by atoms with Crippen LogP contribution in [0.25, 0.3) is 0 Å². The van der Waals surface area contributed by atoms with E-state index in [1.165, 1.54) is 0 Å². The van der Waals surface area contributed by atoms with E-state index in [0.717, 1.165) is 37.9 Å². The van der Waals surface area contributed by atoms with Crippen molar-refractivity contribution in [3.05, 3.63) is 35.9 Å². The fourth-order valence-electron chi connectivity index (χ4n) is 4.02. The van der Waals surface area contributed by atoms with Crippen molar-refractivity contribution in [3.8, 4) is 0 Å². The molecule has 0 radical (unpaired) electrons. The summed E-state index contributed by atoms with van der Waals surface area (Å²) in [6.45, 7) is 2.22. The van der Waals surface area contributed by atoms with Crippen molar-refractivity contribution in [2.24, 2.45) is 0 Å². The van der Waals surface area contributed by atoms with Crippen LogP contribution in [0.2, 0.25) is 0 Å². The first-order valence-electron chi connectivity index (χ1n) is 8.68. The van der Waals surface area contributed by atoms with Gasteiger partial charge in [0.1, 0.15) is 0 Å². The van der Waals surface area contributed by atoms with Crippen molar-refractivity contribution in [1.82, 2.24) is 14.7 Å². The molecule has 2 aliphatic rings. The van der Waals surface area contributed by atoms with Crippen LogP contribution >= 0.6 is 0 Å². The van der Waals surface area contributed by atoms with Gasteiger partial charge in [0, 0.05) is 39.8 Å². The van der Waals surface area contributed by atoms with Gasteiger partial charge in [-0.25, -0.2) is 0 Å². The molecule has 1 aromatic rings. The van der Waals surface area contributed by atoms with Crippen LogP contribution in [-0.4, -0.2) is 72.8 Å². The van der Waals surface area contributed by atoms with E-state index in [9.17, 15) is 9.59 Å². The predicted molar refractivity (Wildman–Crippen MR) is 93.7 cm³/mol. The average Bonchev–Trinajstić information content (AvgIpc) is 2.83. The second-order valence-electron chi connectivity index (χ2n) is 7.35. The van der Waals surface area contributed by atoms with Gasteiger partial charge in [0.2, 0.25) is 11.8 Å². The van der Waals surface area contributed by atoms with E-state index in [-0.39, 0.29) is 23.3 Å². The molecule has 0 N–H and O–H groups in total. The molecule has 5 heteroatoms. The normalized spacial score (nSPS) is 23.7. The molecule has 2 fully saturated rings. The molecular weight excluding hydrogens is 302 g/mol. The maximum absolute atomic E-state index is 12.8. The molecular formula is C19H27N3O2. The summed E-state index contributed by atoms with van der Waals surface area (Å²) in [6.07, 6.45) is 2.78. The Balaban J connectivity index is 1.67. The van der Waals surface area contributed by atoms with Crippen LogP contribution in [0.3, 0.4) is 0 Å². The molecule has 24 heavy (non-hydrogen) atoms. The number of benzene rings is 1. The van der Waals surface area contributed by atoms with Crippen molar-refractivity contribution in [2.45, 2.75) is 30.7 Å². The number of nitrogens with zero attached hydrogens (tertiary/aromatic N) is 3. The average molecular weight is 329 g/mol. The molecule has 1 aromatic carbocycles. The van der Waals surface area contributed by atoms with Crippen molar-refractivity contribution in [1.29, 1.82) is 0 Å². The van der Waals surface area contributed by atoms with Gasteiger partial charge in [0.25, 0.3) is 0 Å². The Bertz CT molecular complexity index is 606. The van der Waals surface area contributed by atoms with Crippen molar-refractivity contribution in [3.63, 3.8) is 0 Å². The molecule has 2 heterocycles. The molecule has 0 unspecified atom stereocenters. The Morgan fingerprint density at radius 2 is 1.83 bits per heavy atom. The zero-order valence-electron chi connectivity index (χ0n) is 14.9. The quantitative estimate of drug-likeness (QED) is 0.845. The van der Waals surface area contributed by atoms with E-state index >= 15 is 0 Å². The van der Waals surface area contributed by atoms with E-state index in [1.807, 2.05) is 30.1 Å². The first kappa shape index (κ1) is 17.0. The smallest absolute Gasteiger partial charge is 0.236 e. The largest absolute Gasteiger partial charge is 0.348 e. The van der Waals surface area contributed by atoms with Crippen LogP contribution in [0.5, 0.6) is 0 Å². The highest BCUT2D eigenvalue weighted by Crippen LogP contribution is 2.44. The Morgan fingerprint density at radius 1 is 1.21 bits per heavy atom. The molecule has 0 aromatic heterocycles. The maximum Gasteiger partial charge on any atom is 0.236 e. The molecule has 3 rings (SSSR count). The second kappa shape index (κ2) is 6.55. The molecule has 2 aliphatic heterocycles. The van der Waals surface area contributed by atoms with E-state index in [2.05, 4.69) is 17.0 Å². The summed E-state index contributed by atoms with van der Waals surface area (Å²) in [5.41, 5.74) is 1.08. The van der Waals surface area contributed by atoms with Gasteiger partial charge in [-0.05, 0) is 24.8 Å². The Morgan fingerprint density at radius 3 is 2.42 bits per heavy atom. The summed E-state index contributed by atoms with van der Waals surface area (Å²) in [7, 11) is 5.54. The third kappa shape index (κ3) is 3.05. The molecule has 1 atom stereocenters. The minimum Gasteiger partial charge on any atom is -0.348 e. The lowest BCUT2D eigenvalue weighted by atomic mass is 9.81. The van der Waals surface area contributed by atoms with Gasteiger partial charge in [0.05, 0.1) is 12.5 Å². The molecule has 0 bridgehead atoms. The lowest BCUT2D eigenvalue weighted by Gasteiger charge is -2.43. The van der Waals surface area contributed by atoms with Crippen molar-refractivity contribution >= 4 is 11.8 Å². The summed E-state index contributed by atoms with van der Waals surface area (Å²) in [4.78, 5) is 30.5. The van der Waals surface area contributed by atoms with E-state index < -0.39 is 0 Å². The molecule has 0 saturated carbocycles. The van der Waals surface area contributed by atoms with Crippen LogP contribution in [0, 0.1) is 0 Å². The lowest BCUT2D eigenvalue weighted by molar-refractivity contribution is -0.134. The Kier molecular flexibility index (Phi) is 4.63. The van der Waals surface area contributed by atoms with Gasteiger partial charge in [-0.3, -0.25) is 14.5 Å². The summed E-state index contributed by atoms with van der Waals surface area (Å²) in [5.74, 6) is 0.356. The van der Waals surface area contributed by atoms with Gasteiger partial charge < -0.3 is 9.80 Å². The molecule has 1 spiro atoms. The number of likely N-dealkylation sites (N-methyl/N-ethyl adjacent to an activating group) is 2. The van der Waals surface area contributed by atoms with Crippen molar-refractivity contribution in [2.75, 3.05) is 40.8 Å². The molecule has 0 aliphatic carbocycles. The molecule has 2 amide bonds. The number of hydrogen-bond acceptors (Lipinski definition) is 3. The SMILES string of the molecule is CN(C)C(=O)CN1CCC2(CC1)C[C@@H](c1ccccc1)C(=O)N2C. The maximum atomic E-state index is 12.8. The van der Waals surface area contributed by atoms with Crippen LogP contribution in [0.15, 0.2) is 30.3 Å². The number of carbonyl (C=O) groups is 2. The highest BCUT2D eigenvalue weighted by Gasteiger charge is 2.50. The number of amides is 2. The molecule has 2 saturated heterocycles. The van der Waals surface area contributed by atoms with E-state index in [0.29, 0.717) is 6.54 Å². The van der Waals surface area contributed by atoms with Gasteiger partial charge in [0.15, 0.2) is 0 Å². The Labute approximate surface area is 144 Å². The summed E-state index contributed by atoms with van der Waals surface area (Å²) >= 11 is 0. The molecule has 130 valence electrons. The number of likely N-dealkylation sites (tertiary alicyclic amines) is 2. The minimum absolute atomic E-state index is 0.0221. The standard InChI is InChI=1S/C19H27N3O2/c1-20(2)17(23)14-22-11-9-19(10-12-22)13-16(18(24)21(19)3)15-7-5-4-6-8-15/h4-8,16H,9-14H2,1-3H3/t16-/m0/s1. The second-order valence-corrected chi connectivity index (χ2v) is 7.35. The lowest BCUT2D eigenvalue weighted by Crippen LogP contribution is -2.52. The van der Waals surface area contributed by atoms with Crippen LogP contribution in [0.1, 0.15) is 30.7 Å². The van der Waals surface area contributed by atoms with Gasteiger partial charge >= 0.3 is 0 Å². The van der Waals surface area contributed by atoms with E-state index in [1.54, 1.807) is 19.0 Å². The van der Waals surface area contributed by atoms with Crippen LogP contribution in [0.4, 0.5) is 0 Å². The monoisotopic (exact) mass is 329 g/mol. The fourth-order valence-corrected chi connectivity index (χ4v) is 4.02. The van der Waals surface area contributed by atoms with Crippen LogP contribution < -0.4 is 0 Å². The minimum atomic E-state index is -0.0464. The van der Waals surface area contributed by atoms with Gasteiger partial charge in [-0.1, -0.05) is 30.3 Å². The number of rotatable bonds is 3. The summed E-state index contributed by atoms with van der Waals surface area (Å²) in [5, 5.41) is 0.